The SMILES string of the molecule is Oc1ccc(C2CNCCO2)c(F)c1Br. The molecule has 1 aliphatic heterocycles. The Labute approximate surface area is 95.4 Å². The van der Waals surface area contributed by atoms with Crippen molar-refractivity contribution in [3.63, 3.8) is 0 Å². The van der Waals surface area contributed by atoms with Crippen LogP contribution in [0.3, 0.4) is 0 Å². The molecular formula is C10H11BrFNO2. The first-order chi connectivity index (χ1) is 7.20. The normalized spacial score (nSPS) is 21.6. The zero-order valence-corrected chi connectivity index (χ0v) is 9.55. The Morgan fingerprint density at radius 2 is 2.33 bits per heavy atom. The molecule has 1 aromatic rings. The number of nitrogens with one attached hydrogen (secondary N) is 1. The molecule has 5 heteroatoms. The molecule has 1 unspecified atom stereocenters. The standard InChI is InChI=1S/C10H11BrFNO2/c11-9-7(14)2-1-6(10(9)12)8-5-13-3-4-15-8/h1-2,8,13-14H,3-5H2. The van der Waals surface area contributed by atoms with Crippen molar-refractivity contribution in [2.45, 2.75) is 6.10 Å². The quantitative estimate of drug-likeness (QED) is 0.823. The first-order valence-corrected chi connectivity index (χ1v) is 5.48. The molecule has 1 aliphatic rings. The van der Waals surface area contributed by atoms with Crippen molar-refractivity contribution < 1.29 is 14.2 Å². The van der Waals surface area contributed by atoms with Gasteiger partial charge in [-0.15, -0.1) is 0 Å². The van der Waals surface area contributed by atoms with Crippen LogP contribution in [0.1, 0.15) is 11.7 Å². The van der Waals surface area contributed by atoms with Gasteiger partial charge in [-0.25, -0.2) is 4.39 Å². The summed E-state index contributed by atoms with van der Waals surface area (Å²) in [5, 5.41) is 12.4. The Hall–Kier alpha value is -0.650. The lowest BCUT2D eigenvalue weighted by Crippen LogP contribution is -2.33. The number of benzene rings is 1. The third-order valence-corrected chi connectivity index (χ3v) is 3.12. The predicted octanol–water partition coefficient (Wildman–Crippen LogP) is 1.95. The number of phenols is 1. The Balaban J connectivity index is 2.31. The topological polar surface area (TPSA) is 41.5 Å². The maximum Gasteiger partial charge on any atom is 0.146 e. The maximum absolute atomic E-state index is 13.7. The van der Waals surface area contributed by atoms with Crippen LogP contribution in [0, 0.1) is 5.82 Å². The average Bonchev–Trinajstić information content (AvgIpc) is 2.27. The summed E-state index contributed by atoms with van der Waals surface area (Å²) >= 11 is 3.00. The van der Waals surface area contributed by atoms with Gasteiger partial charge in [0, 0.05) is 18.7 Å². The van der Waals surface area contributed by atoms with Crippen molar-refractivity contribution in [1.29, 1.82) is 0 Å². The third kappa shape index (κ3) is 2.14. The van der Waals surface area contributed by atoms with E-state index in [2.05, 4.69) is 21.2 Å². The summed E-state index contributed by atoms with van der Waals surface area (Å²) in [6, 6.07) is 3.01. The van der Waals surface area contributed by atoms with Crippen LogP contribution in [0.15, 0.2) is 16.6 Å². The molecule has 1 heterocycles. The highest BCUT2D eigenvalue weighted by atomic mass is 79.9. The van der Waals surface area contributed by atoms with E-state index in [0.717, 1.165) is 6.54 Å². The van der Waals surface area contributed by atoms with E-state index in [4.69, 9.17) is 4.74 Å². The first-order valence-electron chi connectivity index (χ1n) is 4.69. The molecule has 0 aromatic heterocycles. The van der Waals surface area contributed by atoms with Gasteiger partial charge in [-0.1, -0.05) is 0 Å². The van der Waals surface area contributed by atoms with E-state index >= 15 is 0 Å². The minimum Gasteiger partial charge on any atom is -0.507 e. The van der Waals surface area contributed by atoms with Crippen molar-refractivity contribution in [1.82, 2.24) is 5.32 Å². The van der Waals surface area contributed by atoms with Crippen LogP contribution < -0.4 is 5.32 Å². The third-order valence-electron chi connectivity index (χ3n) is 2.37. The lowest BCUT2D eigenvalue weighted by Gasteiger charge is -2.24. The molecule has 1 fully saturated rings. The highest BCUT2D eigenvalue weighted by Crippen LogP contribution is 2.32. The summed E-state index contributed by atoms with van der Waals surface area (Å²) in [4.78, 5) is 0. The van der Waals surface area contributed by atoms with Gasteiger partial charge in [-0.3, -0.25) is 0 Å². The van der Waals surface area contributed by atoms with Gasteiger partial charge >= 0.3 is 0 Å². The molecule has 0 saturated carbocycles. The molecule has 0 amide bonds. The molecule has 1 saturated heterocycles. The lowest BCUT2D eigenvalue weighted by molar-refractivity contribution is 0.0254. The smallest absolute Gasteiger partial charge is 0.146 e. The van der Waals surface area contributed by atoms with Crippen molar-refractivity contribution in [2.75, 3.05) is 19.7 Å². The van der Waals surface area contributed by atoms with Crippen molar-refractivity contribution in [2.24, 2.45) is 0 Å². The van der Waals surface area contributed by atoms with Crippen LogP contribution in [-0.2, 0) is 4.74 Å². The monoisotopic (exact) mass is 275 g/mol. The van der Waals surface area contributed by atoms with Gasteiger partial charge in [-0.2, -0.15) is 0 Å². The summed E-state index contributed by atoms with van der Waals surface area (Å²) in [5.74, 6) is -0.552. The molecule has 82 valence electrons. The van der Waals surface area contributed by atoms with E-state index in [9.17, 15) is 9.50 Å². The highest BCUT2D eigenvalue weighted by molar-refractivity contribution is 9.10. The number of hydrogen-bond acceptors (Lipinski definition) is 3. The summed E-state index contributed by atoms with van der Waals surface area (Å²) in [7, 11) is 0. The molecule has 1 aromatic carbocycles. The number of ether oxygens (including phenoxy) is 1. The van der Waals surface area contributed by atoms with E-state index in [1.54, 1.807) is 6.07 Å². The van der Waals surface area contributed by atoms with Crippen LogP contribution in [0.25, 0.3) is 0 Å². The summed E-state index contributed by atoms with van der Waals surface area (Å²) < 4.78 is 19.3. The van der Waals surface area contributed by atoms with Crippen LogP contribution in [0.2, 0.25) is 0 Å². The molecular weight excluding hydrogens is 265 g/mol. The van der Waals surface area contributed by atoms with Crippen LogP contribution in [0.4, 0.5) is 4.39 Å². The fourth-order valence-electron chi connectivity index (χ4n) is 1.57. The van der Waals surface area contributed by atoms with Crippen LogP contribution in [-0.4, -0.2) is 24.8 Å². The zero-order valence-electron chi connectivity index (χ0n) is 7.96. The zero-order chi connectivity index (χ0) is 10.8. The van der Waals surface area contributed by atoms with E-state index in [-0.39, 0.29) is 16.3 Å². The van der Waals surface area contributed by atoms with Gasteiger partial charge in [0.25, 0.3) is 0 Å². The van der Waals surface area contributed by atoms with E-state index in [1.807, 2.05) is 0 Å². The van der Waals surface area contributed by atoms with E-state index in [0.29, 0.717) is 18.7 Å². The summed E-state index contributed by atoms with van der Waals surface area (Å²) in [6.45, 7) is 1.95. The number of phenolic OH excluding ortho intramolecular Hbond substituents is 1. The van der Waals surface area contributed by atoms with Gasteiger partial charge in [0.05, 0.1) is 17.2 Å². The molecule has 0 bridgehead atoms. The molecule has 2 rings (SSSR count). The minimum absolute atomic E-state index is 0.0918. The van der Waals surface area contributed by atoms with Gasteiger partial charge in [0.1, 0.15) is 11.6 Å². The molecule has 0 aliphatic carbocycles. The van der Waals surface area contributed by atoms with Gasteiger partial charge in [0.2, 0.25) is 0 Å². The number of aromatic hydroxyl groups is 1. The number of morpholine rings is 1. The highest BCUT2D eigenvalue weighted by Gasteiger charge is 2.21. The fourth-order valence-corrected chi connectivity index (χ4v) is 1.93. The lowest BCUT2D eigenvalue weighted by atomic mass is 10.1. The molecule has 1 atom stereocenters. The second-order valence-corrected chi connectivity index (χ2v) is 4.16. The Morgan fingerprint density at radius 1 is 1.53 bits per heavy atom. The number of hydrogen-bond donors (Lipinski definition) is 2. The molecule has 2 N–H and O–H groups in total. The molecule has 3 nitrogen and oxygen atoms in total. The summed E-state index contributed by atoms with van der Waals surface area (Å²) in [5.41, 5.74) is 0.465. The van der Waals surface area contributed by atoms with Gasteiger partial charge in [0.15, 0.2) is 0 Å². The second kappa shape index (κ2) is 4.47. The number of rotatable bonds is 1. The fraction of sp³-hybridized carbons (Fsp3) is 0.400. The molecule has 0 radical (unpaired) electrons. The van der Waals surface area contributed by atoms with E-state index < -0.39 is 5.82 Å². The molecule has 15 heavy (non-hydrogen) atoms. The van der Waals surface area contributed by atoms with Crippen molar-refractivity contribution in [3.8, 4) is 5.75 Å². The molecule has 0 spiro atoms. The van der Waals surface area contributed by atoms with Crippen molar-refractivity contribution >= 4 is 15.9 Å². The van der Waals surface area contributed by atoms with Crippen LogP contribution >= 0.6 is 15.9 Å². The minimum atomic E-state index is -0.455. The van der Waals surface area contributed by atoms with Crippen LogP contribution in [0.5, 0.6) is 5.75 Å². The Kier molecular flexibility index (Phi) is 3.23. The van der Waals surface area contributed by atoms with E-state index in [1.165, 1.54) is 6.07 Å². The largest absolute Gasteiger partial charge is 0.507 e. The van der Waals surface area contributed by atoms with Gasteiger partial charge < -0.3 is 15.2 Å². The summed E-state index contributed by atoms with van der Waals surface area (Å²) in [6.07, 6.45) is -0.282. The number of halogens is 2. The first kappa shape index (κ1) is 10.9. The predicted molar refractivity (Wildman–Crippen MR) is 57.3 cm³/mol. The van der Waals surface area contributed by atoms with Crippen molar-refractivity contribution in [3.05, 3.63) is 28.0 Å². The Bertz CT molecular complexity index is 367. The van der Waals surface area contributed by atoms with Gasteiger partial charge in [-0.05, 0) is 28.1 Å². The Morgan fingerprint density at radius 3 is 3.00 bits per heavy atom. The maximum atomic E-state index is 13.7. The average molecular weight is 276 g/mol. The second-order valence-electron chi connectivity index (χ2n) is 3.37.